The second-order valence-electron chi connectivity index (χ2n) is 7.75. The van der Waals surface area contributed by atoms with E-state index in [-0.39, 0.29) is 12.0 Å². The van der Waals surface area contributed by atoms with Crippen LogP contribution in [0.2, 0.25) is 0 Å². The number of morpholine rings is 1. The lowest BCUT2D eigenvalue weighted by atomic mass is 9.87. The van der Waals surface area contributed by atoms with E-state index in [9.17, 15) is 5.11 Å². The van der Waals surface area contributed by atoms with Gasteiger partial charge in [0.05, 0.1) is 25.0 Å². The highest BCUT2D eigenvalue weighted by molar-refractivity contribution is 5.33. The summed E-state index contributed by atoms with van der Waals surface area (Å²) in [6, 6.07) is 0.642. The standard InChI is InChI=1S/C20H30N2O2/c1-14-10-17(14)19-13-24-9-8-22(19)15-11-18-16(20(23)12-15)6-4-2-3-5-7-21-18/h11-12,16-19,21,23H,1-10,13H2. The molecular formula is C20H30N2O2. The number of aliphatic hydroxyl groups excluding tert-OH is 1. The fourth-order valence-electron chi connectivity index (χ4n) is 4.52. The number of allylic oxidation sites excluding steroid dienone is 1. The van der Waals surface area contributed by atoms with Crippen LogP contribution in [0.4, 0.5) is 0 Å². The van der Waals surface area contributed by atoms with Gasteiger partial charge in [-0.15, -0.1) is 0 Å². The molecule has 24 heavy (non-hydrogen) atoms. The molecule has 2 N–H and O–H groups in total. The highest BCUT2D eigenvalue weighted by Crippen LogP contribution is 2.43. The van der Waals surface area contributed by atoms with E-state index in [1.807, 2.05) is 6.08 Å². The third-order valence-corrected chi connectivity index (χ3v) is 6.09. The highest BCUT2D eigenvalue weighted by Gasteiger charge is 2.42. The van der Waals surface area contributed by atoms with E-state index in [2.05, 4.69) is 22.9 Å². The van der Waals surface area contributed by atoms with E-state index in [0.717, 1.165) is 39.1 Å². The van der Waals surface area contributed by atoms with Crippen molar-refractivity contribution in [2.24, 2.45) is 11.8 Å². The molecule has 1 saturated carbocycles. The molecule has 0 bridgehead atoms. The average molecular weight is 330 g/mol. The lowest BCUT2D eigenvalue weighted by Gasteiger charge is -2.41. The van der Waals surface area contributed by atoms with Crippen LogP contribution in [0.5, 0.6) is 0 Å². The van der Waals surface area contributed by atoms with Gasteiger partial charge in [-0.2, -0.15) is 0 Å². The van der Waals surface area contributed by atoms with Crippen LogP contribution in [-0.2, 0) is 4.74 Å². The molecular weight excluding hydrogens is 300 g/mol. The minimum absolute atomic E-state index is 0.238. The molecule has 132 valence electrons. The fraction of sp³-hybridized carbons (Fsp3) is 0.700. The maximum Gasteiger partial charge on any atom is 0.0992 e. The van der Waals surface area contributed by atoms with Crippen LogP contribution in [0.25, 0.3) is 0 Å². The quantitative estimate of drug-likeness (QED) is 0.764. The van der Waals surface area contributed by atoms with E-state index in [1.54, 1.807) is 0 Å². The number of fused-ring (bicyclic) bond motifs is 1. The predicted octanol–water partition coefficient (Wildman–Crippen LogP) is 3.14. The molecule has 4 heteroatoms. The van der Waals surface area contributed by atoms with Crippen LogP contribution in [-0.4, -0.2) is 48.4 Å². The van der Waals surface area contributed by atoms with Crippen LogP contribution < -0.4 is 5.32 Å². The minimum atomic E-state index is 0.238. The monoisotopic (exact) mass is 330 g/mol. The zero-order valence-corrected chi connectivity index (χ0v) is 14.5. The molecule has 3 fully saturated rings. The number of hydrogen-bond acceptors (Lipinski definition) is 4. The number of hydrogen-bond donors (Lipinski definition) is 2. The van der Waals surface area contributed by atoms with Gasteiger partial charge in [0.25, 0.3) is 0 Å². The van der Waals surface area contributed by atoms with Gasteiger partial charge in [-0.25, -0.2) is 0 Å². The molecule has 4 rings (SSSR count). The zero-order valence-electron chi connectivity index (χ0n) is 14.5. The molecule has 0 aromatic carbocycles. The molecule has 0 amide bonds. The lowest BCUT2D eigenvalue weighted by Crippen LogP contribution is -2.48. The third-order valence-electron chi connectivity index (χ3n) is 6.09. The lowest BCUT2D eigenvalue weighted by molar-refractivity contribution is 0.00426. The first-order valence-electron chi connectivity index (χ1n) is 9.62. The van der Waals surface area contributed by atoms with Crippen molar-refractivity contribution < 1.29 is 9.84 Å². The first-order chi connectivity index (χ1) is 11.7. The average Bonchev–Trinajstić information content (AvgIpc) is 3.28. The molecule has 4 nitrogen and oxygen atoms in total. The third kappa shape index (κ3) is 3.27. The minimum Gasteiger partial charge on any atom is -0.512 e. The maximum atomic E-state index is 10.7. The Hall–Kier alpha value is -1.26. The maximum absolute atomic E-state index is 10.7. The largest absolute Gasteiger partial charge is 0.512 e. The van der Waals surface area contributed by atoms with Crippen LogP contribution in [0.3, 0.4) is 0 Å². The van der Waals surface area contributed by atoms with Gasteiger partial charge in [0.15, 0.2) is 0 Å². The highest BCUT2D eigenvalue weighted by atomic mass is 16.5. The Bertz CT molecular complexity index is 554. The Labute approximate surface area is 145 Å². The van der Waals surface area contributed by atoms with Gasteiger partial charge in [0.1, 0.15) is 0 Å². The number of rotatable bonds is 2. The van der Waals surface area contributed by atoms with E-state index < -0.39 is 0 Å². The molecule has 2 saturated heterocycles. The molecule has 0 aromatic heterocycles. The van der Waals surface area contributed by atoms with Crippen molar-refractivity contribution in [3.8, 4) is 0 Å². The van der Waals surface area contributed by atoms with Gasteiger partial charge in [0, 0.05) is 30.1 Å². The van der Waals surface area contributed by atoms with E-state index in [4.69, 9.17) is 4.74 Å². The van der Waals surface area contributed by atoms with E-state index >= 15 is 0 Å². The van der Waals surface area contributed by atoms with Crippen molar-refractivity contribution in [2.75, 3.05) is 26.3 Å². The second-order valence-corrected chi connectivity index (χ2v) is 7.75. The molecule has 2 heterocycles. The van der Waals surface area contributed by atoms with Gasteiger partial charge in [-0.1, -0.05) is 31.4 Å². The number of nitrogens with zero attached hydrogens (tertiary/aromatic N) is 1. The fourth-order valence-corrected chi connectivity index (χ4v) is 4.52. The van der Waals surface area contributed by atoms with Crippen LogP contribution in [0.15, 0.2) is 35.8 Å². The summed E-state index contributed by atoms with van der Waals surface area (Å²) in [5.41, 5.74) is 2.52. The normalized spacial score (nSPS) is 37.5. The van der Waals surface area contributed by atoms with Crippen LogP contribution in [0.1, 0.15) is 38.5 Å². The molecule has 4 atom stereocenters. The zero-order chi connectivity index (χ0) is 16.5. The molecule has 0 aromatic rings. The van der Waals surface area contributed by atoms with E-state index in [0.29, 0.717) is 17.7 Å². The molecule has 2 aliphatic carbocycles. The van der Waals surface area contributed by atoms with Crippen molar-refractivity contribution >= 4 is 0 Å². The summed E-state index contributed by atoms with van der Waals surface area (Å²) in [5, 5.41) is 14.4. The van der Waals surface area contributed by atoms with Gasteiger partial charge in [-0.3, -0.25) is 0 Å². The molecule has 0 radical (unpaired) electrons. The Morgan fingerprint density at radius 3 is 2.88 bits per heavy atom. The Balaban J connectivity index is 1.56. The smallest absolute Gasteiger partial charge is 0.0992 e. The van der Waals surface area contributed by atoms with E-state index in [1.165, 1.54) is 37.0 Å². The van der Waals surface area contributed by atoms with Gasteiger partial charge < -0.3 is 20.1 Å². The Morgan fingerprint density at radius 2 is 2.04 bits per heavy atom. The van der Waals surface area contributed by atoms with Crippen molar-refractivity contribution in [1.29, 1.82) is 0 Å². The van der Waals surface area contributed by atoms with Crippen molar-refractivity contribution in [1.82, 2.24) is 10.2 Å². The number of aliphatic hydroxyl groups is 1. The van der Waals surface area contributed by atoms with Crippen molar-refractivity contribution in [2.45, 2.75) is 50.6 Å². The van der Waals surface area contributed by atoms with Crippen molar-refractivity contribution in [3.63, 3.8) is 0 Å². The second kappa shape index (κ2) is 6.93. The van der Waals surface area contributed by atoms with Gasteiger partial charge in [0.2, 0.25) is 0 Å². The molecule has 0 spiro atoms. The molecule has 4 unspecified atom stereocenters. The molecule has 2 aliphatic heterocycles. The number of nitrogens with one attached hydrogen (secondary N) is 1. The Kier molecular flexibility index (Phi) is 4.68. The SMILES string of the molecule is C=C1CC1C1COCCN1C1=CC2NCCCCCCC2C(O)=C1. The summed E-state index contributed by atoms with van der Waals surface area (Å²) in [6.45, 7) is 7.63. The first kappa shape index (κ1) is 16.2. The summed E-state index contributed by atoms with van der Waals surface area (Å²) < 4.78 is 5.73. The summed E-state index contributed by atoms with van der Waals surface area (Å²) in [4.78, 5) is 2.45. The summed E-state index contributed by atoms with van der Waals surface area (Å²) in [5.74, 6) is 1.36. The van der Waals surface area contributed by atoms with Crippen LogP contribution in [0, 0.1) is 11.8 Å². The van der Waals surface area contributed by atoms with Crippen LogP contribution >= 0.6 is 0 Å². The first-order valence-corrected chi connectivity index (χ1v) is 9.62. The summed E-state index contributed by atoms with van der Waals surface area (Å²) in [6.07, 6.45) is 11.6. The van der Waals surface area contributed by atoms with Crippen molar-refractivity contribution in [3.05, 3.63) is 35.8 Å². The molecule has 4 aliphatic rings. The Morgan fingerprint density at radius 1 is 1.21 bits per heavy atom. The summed E-state index contributed by atoms with van der Waals surface area (Å²) in [7, 11) is 0. The summed E-state index contributed by atoms with van der Waals surface area (Å²) >= 11 is 0. The van der Waals surface area contributed by atoms with Gasteiger partial charge >= 0.3 is 0 Å². The predicted molar refractivity (Wildman–Crippen MR) is 95.7 cm³/mol. The van der Waals surface area contributed by atoms with Gasteiger partial charge in [-0.05, 0) is 38.0 Å². The number of ether oxygens (including phenoxy) is 1. The topological polar surface area (TPSA) is 44.7 Å².